The van der Waals surface area contributed by atoms with Crippen molar-refractivity contribution in [1.82, 2.24) is 0 Å². The van der Waals surface area contributed by atoms with E-state index in [0.717, 1.165) is 11.3 Å². The average Bonchev–Trinajstić information content (AvgIpc) is 2.29. The summed E-state index contributed by atoms with van der Waals surface area (Å²) in [5.74, 6) is 1.30. The highest BCUT2D eigenvalue weighted by Crippen LogP contribution is 2.15. The van der Waals surface area contributed by atoms with Gasteiger partial charge < -0.3 is 15.2 Å². The predicted octanol–water partition coefficient (Wildman–Crippen LogP) is 2.20. The molecule has 0 heterocycles. The molecular formula is C13H21NO2. The van der Waals surface area contributed by atoms with Gasteiger partial charge in [-0.3, -0.25) is 0 Å². The number of methoxy groups -OCH3 is 1. The van der Waals surface area contributed by atoms with E-state index in [2.05, 4.69) is 13.8 Å². The summed E-state index contributed by atoms with van der Waals surface area (Å²) in [6.07, 6.45) is 0.117. The molecule has 0 fully saturated rings. The maximum Gasteiger partial charge on any atom is 0.119 e. The van der Waals surface area contributed by atoms with Gasteiger partial charge in [-0.25, -0.2) is 0 Å². The number of nitrogens with two attached hydrogens (primary N) is 1. The second-order valence-corrected chi connectivity index (χ2v) is 4.18. The lowest BCUT2D eigenvalue weighted by Crippen LogP contribution is -2.28. The van der Waals surface area contributed by atoms with Gasteiger partial charge in [-0.05, 0) is 23.6 Å². The summed E-state index contributed by atoms with van der Waals surface area (Å²) in [6.45, 7) is 5.37. The Balaban J connectivity index is 2.53. The third kappa shape index (κ3) is 3.83. The maximum atomic E-state index is 5.76. The van der Waals surface area contributed by atoms with Crippen molar-refractivity contribution >= 4 is 0 Å². The minimum atomic E-state index is 0.117. The van der Waals surface area contributed by atoms with Gasteiger partial charge in [0.1, 0.15) is 5.75 Å². The van der Waals surface area contributed by atoms with Crippen molar-refractivity contribution in [3.63, 3.8) is 0 Å². The SMILES string of the molecule is COc1cccc(COC(CN)C(C)C)c1. The monoisotopic (exact) mass is 223 g/mol. The third-order valence-electron chi connectivity index (χ3n) is 2.57. The molecule has 0 bridgehead atoms. The molecule has 1 aromatic carbocycles. The molecule has 0 radical (unpaired) electrons. The van der Waals surface area contributed by atoms with Gasteiger partial charge in [0.05, 0.1) is 19.8 Å². The van der Waals surface area contributed by atoms with Crippen molar-refractivity contribution in [2.24, 2.45) is 11.7 Å². The first-order valence-electron chi connectivity index (χ1n) is 5.62. The lowest BCUT2D eigenvalue weighted by molar-refractivity contribution is 0.0168. The highest BCUT2D eigenvalue weighted by Gasteiger charge is 2.11. The fourth-order valence-electron chi connectivity index (χ4n) is 1.50. The van der Waals surface area contributed by atoms with E-state index in [-0.39, 0.29) is 6.10 Å². The Morgan fingerprint density at radius 3 is 2.62 bits per heavy atom. The van der Waals surface area contributed by atoms with Crippen LogP contribution in [0.2, 0.25) is 0 Å². The van der Waals surface area contributed by atoms with E-state index < -0.39 is 0 Å². The van der Waals surface area contributed by atoms with Crippen LogP contribution in [0.5, 0.6) is 5.75 Å². The molecular weight excluding hydrogens is 202 g/mol. The molecule has 0 aromatic heterocycles. The first-order valence-corrected chi connectivity index (χ1v) is 5.62. The highest BCUT2D eigenvalue weighted by atomic mass is 16.5. The van der Waals surface area contributed by atoms with Crippen LogP contribution in [-0.4, -0.2) is 19.8 Å². The normalized spacial score (nSPS) is 12.8. The van der Waals surface area contributed by atoms with Crippen molar-refractivity contribution in [1.29, 1.82) is 0 Å². The quantitative estimate of drug-likeness (QED) is 0.804. The molecule has 1 aromatic rings. The summed E-state index contributed by atoms with van der Waals surface area (Å²) >= 11 is 0. The zero-order chi connectivity index (χ0) is 12.0. The van der Waals surface area contributed by atoms with E-state index in [9.17, 15) is 0 Å². The molecule has 0 spiro atoms. The molecule has 90 valence electrons. The number of hydrogen-bond acceptors (Lipinski definition) is 3. The second-order valence-electron chi connectivity index (χ2n) is 4.18. The lowest BCUT2D eigenvalue weighted by atomic mass is 10.1. The van der Waals surface area contributed by atoms with E-state index in [4.69, 9.17) is 15.2 Å². The Morgan fingerprint density at radius 2 is 2.06 bits per heavy atom. The van der Waals surface area contributed by atoms with E-state index in [1.807, 2.05) is 24.3 Å². The second kappa shape index (κ2) is 6.51. The minimum absolute atomic E-state index is 0.117. The lowest BCUT2D eigenvalue weighted by Gasteiger charge is -2.19. The Kier molecular flexibility index (Phi) is 5.29. The van der Waals surface area contributed by atoms with Crippen LogP contribution in [0.3, 0.4) is 0 Å². The molecule has 1 atom stereocenters. The van der Waals surface area contributed by atoms with E-state index in [1.165, 1.54) is 0 Å². The molecule has 16 heavy (non-hydrogen) atoms. The van der Waals surface area contributed by atoms with Gasteiger partial charge in [0.2, 0.25) is 0 Å². The number of rotatable bonds is 6. The van der Waals surface area contributed by atoms with Crippen molar-refractivity contribution < 1.29 is 9.47 Å². The molecule has 1 unspecified atom stereocenters. The Hall–Kier alpha value is -1.06. The number of hydrogen-bond donors (Lipinski definition) is 1. The van der Waals surface area contributed by atoms with E-state index >= 15 is 0 Å². The van der Waals surface area contributed by atoms with Crippen LogP contribution in [0.15, 0.2) is 24.3 Å². The molecule has 2 N–H and O–H groups in total. The van der Waals surface area contributed by atoms with Gasteiger partial charge >= 0.3 is 0 Å². The van der Waals surface area contributed by atoms with Crippen LogP contribution in [0.25, 0.3) is 0 Å². The molecule has 0 aliphatic heterocycles. The zero-order valence-corrected chi connectivity index (χ0v) is 10.3. The molecule has 0 amide bonds. The average molecular weight is 223 g/mol. The molecule has 0 saturated heterocycles. The molecule has 0 aliphatic rings. The van der Waals surface area contributed by atoms with Gasteiger partial charge in [-0.2, -0.15) is 0 Å². The minimum Gasteiger partial charge on any atom is -0.497 e. The van der Waals surface area contributed by atoms with Crippen LogP contribution < -0.4 is 10.5 Å². The maximum absolute atomic E-state index is 5.76. The van der Waals surface area contributed by atoms with Gasteiger partial charge in [0.15, 0.2) is 0 Å². The summed E-state index contributed by atoms with van der Waals surface area (Å²) in [5, 5.41) is 0. The summed E-state index contributed by atoms with van der Waals surface area (Å²) in [7, 11) is 1.66. The topological polar surface area (TPSA) is 44.5 Å². The van der Waals surface area contributed by atoms with Crippen LogP contribution in [0.1, 0.15) is 19.4 Å². The van der Waals surface area contributed by atoms with Crippen LogP contribution in [0, 0.1) is 5.92 Å². The molecule has 3 heteroatoms. The largest absolute Gasteiger partial charge is 0.497 e. The van der Waals surface area contributed by atoms with Crippen molar-refractivity contribution in [2.45, 2.75) is 26.6 Å². The molecule has 1 rings (SSSR count). The van der Waals surface area contributed by atoms with E-state index in [0.29, 0.717) is 19.1 Å². The summed E-state index contributed by atoms with van der Waals surface area (Å²) < 4.78 is 10.9. The summed E-state index contributed by atoms with van der Waals surface area (Å²) in [5.41, 5.74) is 6.75. The van der Waals surface area contributed by atoms with Gasteiger partial charge in [0.25, 0.3) is 0 Å². The third-order valence-corrected chi connectivity index (χ3v) is 2.57. The van der Waals surface area contributed by atoms with Crippen LogP contribution in [0.4, 0.5) is 0 Å². The molecule has 0 aliphatic carbocycles. The Labute approximate surface area is 97.6 Å². The fourth-order valence-corrected chi connectivity index (χ4v) is 1.50. The molecule has 0 saturated carbocycles. The fraction of sp³-hybridized carbons (Fsp3) is 0.538. The van der Waals surface area contributed by atoms with Gasteiger partial charge in [-0.1, -0.05) is 26.0 Å². The van der Waals surface area contributed by atoms with Crippen molar-refractivity contribution in [3.05, 3.63) is 29.8 Å². The van der Waals surface area contributed by atoms with Gasteiger partial charge in [-0.15, -0.1) is 0 Å². The van der Waals surface area contributed by atoms with Crippen LogP contribution in [-0.2, 0) is 11.3 Å². The molecule has 3 nitrogen and oxygen atoms in total. The first-order chi connectivity index (χ1) is 7.67. The summed E-state index contributed by atoms with van der Waals surface area (Å²) in [4.78, 5) is 0. The smallest absolute Gasteiger partial charge is 0.119 e. The number of ether oxygens (including phenoxy) is 2. The zero-order valence-electron chi connectivity index (χ0n) is 10.3. The highest BCUT2D eigenvalue weighted by molar-refractivity contribution is 5.27. The summed E-state index contributed by atoms with van der Waals surface area (Å²) in [6, 6.07) is 7.89. The Bertz CT molecular complexity index is 313. The van der Waals surface area contributed by atoms with Crippen molar-refractivity contribution in [2.75, 3.05) is 13.7 Å². The standard InChI is InChI=1S/C13H21NO2/c1-10(2)13(8-14)16-9-11-5-4-6-12(7-11)15-3/h4-7,10,13H,8-9,14H2,1-3H3. The predicted molar refractivity (Wildman–Crippen MR) is 65.5 cm³/mol. The van der Waals surface area contributed by atoms with Crippen molar-refractivity contribution in [3.8, 4) is 5.75 Å². The van der Waals surface area contributed by atoms with E-state index in [1.54, 1.807) is 7.11 Å². The Morgan fingerprint density at radius 1 is 1.31 bits per heavy atom. The first kappa shape index (κ1) is 13.0. The van der Waals surface area contributed by atoms with Gasteiger partial charge in [0, 0.05) is 6.54 Å². The van der Waals surface area contributed by atoms with Crippen LogP contribution >= 0.6 is 0 Å². The number of benzene rings is 1.